The summed E-state index contributed by atoms with van der Waals surface area (Å²) in [6, 6.07) is 7.66. The number of nitrogens with two attached hydrogens (primary N) is 1. The zero-order chi connectivity index (χ0) is 14.3. The van der Waals surface area contributed by atoms with Gasteiger partial charge in [-0.25, -0.2) is 0 Å². The van der Waals surface area contributed by atoms with Gasteiger partial charge in [-0.1, -0.05) is 27.2 Å². The van der Waals surface area contributed by atoms with E-state index in [4.69, 9.17) is 5.73 Å². The Morgan fingerprint density at radius 2 is 1.89 bits per heavy atom. The summed E-state index contributed by atoms with van der Waals surface area (Å²) in [7, 11) is 0. The van der Waals surface area contributed by atoms with Crippen LogP contribution in [-0.4, -0.2) is 17.7 Å². The highest BCUT2D eigenvalue weighted by atomic mass is 32.2. The average molecular weight is 280 g/mol. The van der Waals surface area contributed by atoms with E-state index < -0.39 is 0 Å². The van der Waals surface area contributed by atoms with Crippen LogP contribution in [0.25, 0.3) is 0 Å². The molecule has 1 amide bonds. The summed E-state index contributed by atoms with van der Waals surface area (Å²) >= 11 is 1.60. The molecule has 1 aromatic carbocycles. The SMILES string of the molecule is CCC(C)CNC(=O)C(CC)Sc1ccc(N)cc1. The normalized spacial score (nSPS) is 13.8. The van der Waals surface area contributed by atoms with Crippen molar-refractivity contribution in [2.45, 2.75) is 43.8 Å². The molecule has 0 saturated heterocycles. The van der Waals surface area contributed by atoms with Crippen LogP contribution in [0.3, 0.4) is 0 Å². The first-order chi connectivity index (χ1) is 9.06. The molecule has 0 aliphatic rings. The van der Waals surface area contributed by atoms with Crippen LogP contribution in [0.15, 0.2) is 29.2 Å². The number of nitrogens with one attached hydrogen (secondary N) is 1. The largest absolute Gasteiger partial charge is 0.399 e. The van der Waals surface area contributed by atoms with E-state index in [9.17, 15) is 4.79 Å². The summed E-state index contributed by atoms with van der Waals surface area (Å²) in [6.07, 6.45) is 1.91. The standard InChI is InChI=1S/C15H24N2OS/c1-4-11(3)10-17-15(18)14(5-2)19-13-8-6-12(16)7-9-13/h6-9,11,14H,4-5,10,16H2,1-3H3,(H,17,18). The lowest BCUT2D eigenvalue weighted by Crippen LogP contribution is -2.35. The van der Waals surface area contributed by atoms with Gasteiger partial charge in [-0.3, -0.25) is 4.79 Å². The Morgan fingerprint density at radius 1 is 1.26 bits per heavy atom. The fourth-order valence-corrected chi connectivity index (χ4v) is 2.54. The van der Waals surface area contributed by atoms with Gasteiger partial charge < -0.3 is 11.1 Å². The number of nitrogen functional groups attached to an aromatic ring is 1. The van der Waals surface area contributed by atoms with E-state index in [0.717, 1.165) is 30.0 Å². The van der Waals surface area contributed by atoms with Crippen molar-refractivity contribution < 1.29 is 4.79 Å². The fourth-order valence-electron chi connectivity index (χ4n) is 1.57. The smallest absolute Gasteiger partial charge is 0.233 e. The number of anilines is 1. The Hall–Kier alpha value is -1.16. The van der Waals surface area contributed by atoms with Gasteiger partial charge in [0.25, 0.3) is 0 Å². The number of carbonyl (C=O) groups is 1. The van der Waals surface area contributed by atoms with Crippen molar-refractivity contribution in [1.82, 2.24) is 5.32 Å². The summed E-state index contributed by atoms with van der Waals surface area (Å²) in [5, 5.41) is 3.00. The Balaban J connectivity index is 2.52. The topological polar surface area (TPSA) is 55.1 Å². The minimum atomic E-state index is -0.0346. The van der Waals surface area contributed by atoms with E-state index in [0.29, 0.717) is 5.92 Å². The monoisotopic (exact) mass is 280 g/mol. The first-order valence-electron chi connectivity index (χ1n) is 6.86. The Bertz CT molecular complexity index is 392. The molecular weight excluding hydrogens is 256 g/mol. The van der Waals surface area contributed by atoms with Gasteiger partial charge in [-0.2, -0.15) is 0 Å². The van der Waals surface area contributed by atoms with E-state index in [1.807, 2.05) is 31.2 Å². The van der Waals surface area contributed by atoms with Crippen molar-refractivity contribution in [2.75, 3.05) is 12.3 Å². The molecule has 0 heterocycles. The minimum absolute atomic E-state index is 0.0346. The van der Waals surface area contributed by atoms with Crippen molar-refractivity contribution in [3.63, 3.8) is 0 Å². The maximum absolute atomic E-state index is 12.1. The molecular formula is C15H24N2OS. The molecule has 3 nitrogen and oxygen atoms in total. The summed E-state index contributed by atoms with van der Waals surface area (Å²) in [6.45, 7) is 7.08. The van der Waals surface area contributed by atoms with Crippen LogP contribution < -0.4 is 11.1 Å². The first kappa shape index (κ1) is 15.9. The lowest BCUT2D eigenvalue weighted by atomic mass is 10.1. The van der Waals surface area contributed by atoms with Gasteiger partial charge in [0.15, 0.2) is 0 Å². The van der Waals surface area contributed by atoms with Gasteiger partial charge in [0.1, 0.15) is 0 Å². The number of hydrogen-bond acceptors (Lipinski definition) is 3. The predicted octanol–water partition coefficient (Wildman–Crippen LogP) is 3.30. The third-order valence-electron chi connectivity index (χ3n) is 3.14. The zero-order valence-electron chi connectivity index (χ0n) is 12.0. The van der Waals surface area contributed by atoms with Crippen molar-refractivity contribution in [3.8, 4) is 0 Å². The second-order valence-corrected chi connectivity index (χ2v) is 6.12. The minimum Gasteiger partial charge on any atom is -0.399 e. The Morgan fingerprint density at radius 3 is 2.42 bits per heavy atom. The molecule has 0 aromatic heterocycles. The number of hydrogen-bond donors (Lipinski definition) is 2. The van der Waals surface area contributed by atoms with E-state index in [1.165, 1.54) is 0 Å². The molecule has 106 valence electrons. The summed E-state index contributed by atoms with van der Waals surface area (Å²) < 4.78 is 0. The molecule has 0 bridgehead atoms. The second-order valence-electron chi connectivity index (χ2n) is 4.84. The quantitative estimate of drug-likeness (QED) is 0.595. The van der Waals surface area contributed by atoms with Crippen molar-refractivity contribution in [1.29, 1.82) is 0 Å². The van der Waals surface area contributed by atoms with E-state index in [2.05, 4.69) is 19.2 Å². The van der Waals surface area contributed by atoms with E-state index >= 15 is 0 Å². The lowest BCUT2D eigenvalue weighted by molar-refractivity contribution is -0.120. The van der Waals surface area contributed by atoms with Crippen LogP contribution in [0.1, 0.15) is 33.6 Å². The van der Waals surface area contributed by atoms with Gasteiger partial charge in [0.05, 0.1) is 5.25 Å². The van der Waals surface area contributed by atoms with Crippen molar-refractivity contribution in [3.05, 3.63) is 24.3 Å². The van der Waals surface area contributed by atoms with Crippen LogP contribution in [0.5, 0.6) is 0 Å². The van der Waals surface area contributed by atoms with Crippen LogP contribution in [0.2, 0.25) is 0 Å². The molecule has 0 radical (unpaired) electrons. The van der Waals surface area contributed by atoms with Crippen molar-refractivity contribution in [2.24, 2.45) is 5.92 Å². The predicted molar refractivity (Wildman–Crippen MR) is 83.3 cm³/mol. The molecule has 0 saturated carbocycles. The third kappa shape index (κ3) is 5.55. The van der Waals surface area contributed by atoms with Gasteiger partial charge >= 0.3 is 0 Å². The zero-order valence-corrected chi connectivity index (χ0v) is 12.8. The molecule has 2 atom stereocenters. The Kier molecular flexibility index (Phi) is 6.78. The summed E-state index contributed by atoms with van der Waals surface area (Å²) in [4.78, 5) is 13.2. The lowest BCUT2D eigenvalue weighted by Gasteiger charge is -2.16. The highest BCUT2D eigenvalue weighted by Gasteiger charge is 2.17. The first-order valence-corrected chi connectivity index (χ1v) is 7.74. The highest BCUT2D eigenvalue weighted by Crippen LogP contribution is 2.26. The molecule has 0 fully saturated rings. The molecule has 4 heteroatoms. The fraction of sp³-hybridized carbons (Fsp3) is 0.533. The summed E-state index contributed by atoms with van der Waals surface area (Å²) in [5.74, 6) is 0.660. The van der Waals surface area contributed by atoms with Crippen LogP contribution in [-0.2, 0) is 4.79 Å². The van der Waals surface area contributed by atoms with E-state index in [-0.39, 0.29) is 11.2 Å². The van der Waals surface area contributed by atoms with Gasteiger partial charge in [0, 0.05) is 17.1 Å². The van der Waals surface area contributed by atoms with Gasteiger partial charge in [-0.05, 0) is 36.6 Å². The van der Waals surface area contributed by atoms with E-state index in [1.54, 1.807) is 11.8 Å². The molecule has 3 N–H and O–H groups in total. The molecule has 1 rings (SSSR count). The molecule has 0 aliphatic carbocycles. The van der Waals surface area contributed by atoms with Crippen LogP contribution in [0, 0.1) is 5.92 Å². The maximum Gasteiger partial charge on any atom is 0.233 e. The number of benzene rings is 1. The highest BCUT2D eigenvalue weighted by molar-refractivity contribution is 8.00. The molecule has 19 heavy (non-hydrogen) atoms. The van der Waals surface area contributed by atoms with Crippen molar-refractivity contribution >= 4 is 23.4 Å². The van der Waals surface area contributed by atoms with Crippen LogP contribution >= 0.6 is 11.8 Å². The Labute approximate surface area is 120 Å². The van der Waals surface area contributed by atoms with Gasteiger partial charge in [0.2, 0.25) is 5.91 Å². The average Bonchev–Trinajstić information content (AvgIpc) is 2.43. The molecule has 0 aliphatic heterocycles. The molecule has 2 unspecified atom stereocenters. The number of thioether (sulfide) groups is 1. The third-order valence-corrected chi connectivity index (χ3v) is 4.52. The number of rotatable bonds is 7. The number of amides is 1. The second kappa shape index (κ2) is 8.10. The number of carbonyl (C=O) groups excluding carboxylic acids is 1. The molecule has 1 aromatic rings. The summed E-state index contributed by atoms with van der Waals surface area (Å²) in [5.41, 5.74) is 6.41. The van der Waals surface area contributed by atoms with Crippen LogP contribution in [0.4, 0.5) is 5.69 Å². The maximum atomic E-state index is 12.1. The molecule has 0 spiro atoms. The van der Waals surface area contributed by atoms with Gasteiger partial charge in [-0.15, -0.1) is 11.8 Å².